The maximum absolute atomic E-state index is 10.9. The molecule has 0 aliphatic heterocycles. The summed E-state index contributed by atoms with van der Waals surface area (Å²) >= 11 is 3.55. The van der Waals surface area contributed by atoms with Gasteiger partial charge >= 0.3 is 0 Å². The van der Waals surface area contributed by atoms with E-state index in [2.05, 4.69) is 22.9 Å². The van der Waals surface area contributed by atoms with Gasteiger partial charge in [-0.15, -0.1) is 0 Å². The molecule has 0 aliphatic rings. The van der Waals surface area contributed by atoms with Gasteiger partial charge in [0.05, 0.1) is 4.92 Å². The van der Waals surface area contributed by atoms with Gasteiger partial charge in [-0.1, -0.05) is 41.4 Å². The summed E-state index contributed by atoms with van der Waals surface area (Å²) in [6, 6.07) is 5.42. The van der Waals surface area contributed by atoms with Gasteiger partial charge in [0, 0.05) is 16.5 Å². The Balaban J connectivity index is 2.90. The number of rotatable bonds is 5. The molecule has 0 N–H and O–H groups in total. The van der Waals surface area contributed by atoms with Crippen molar-refractivity contribution in [2.75, 3.05) is 0 Å². The first kappa shape index (κ1) is 13.2. The van der Waals surface area contributed by atoms with E-state index in [-0.39, 0.29) is 10.6 Å². The van der Waals surface area contributed by atoms with Gasteiger partial charge in [-0.2, -0.15) is 0 Å². The van der Waals surface area contributed by atoms with Crippen LogP contribution in [-0.2, 0) is 6.42 Å². The molecule has 0 amide bonds. The monoisotopic (exact) mass is 285 g/mol. The van der Waals surface area contributed by atoms with Gasteiger partial charge in [0.1, 0.15) is 0 Å². The SMILES string of the molecule is CCCC(Br)Cc1ccc(C)cc1[N+](=O)[O-]. The highest BCUT2D eigenvalue weighted by Crippen LogP contribution is 2.24. The second-order valence-electron chi connectivity index (χ2n) is 3.98. The van der Waals surface area contributed by atoms with Crippen LogP contribution in [0.3, 0.4) is 0 Å². The Kier molecular flexibility index (Phi) is 4.93. The number of aryl methyl sites for hydroxylation is 1. The van der Waals surface area contributed by atoms with Gasteiger partial charge in [-0.25, -0.2) is 0 Å². The van der Waals surface area contributed by atoms with Crippen molar-refractivity contribution in [2.45, 2.75) is 37.9 Å². The summed E-state index contributed by atoms with van der Waals surface area (Å²) in [7, 11) is 0. The van der Waals surface area contributed by atoms with Crippen LogP contribution < -0.4 is 0 Å². The molecule has 1 aromatic rings. The highest BCUT2D eigenvalue weighted by molar-refractivity contribution is 9.09. The van der Waals surface area contributed by atoms with Crippen LogP contribution in [0, 0.1) is 17.0 Å². The minimum absolute atomic E-state index is 0.237. The zero-order valence-corrected chi connectivity index (χ0v) is 11.2. The topological polar surface area (TPSA) is 43.1 Å². The molecule has 16 heavy (non-hydrogen) atoms. The van der Waals surface area contributed by atoms with E-state index in [4.69, 9.17) is 0 Å². The smallest absolute Gasteiger partial charge is 0.258 e. The Morgan fingerprint density at radius 3 is 2.75 bits per heavy atom. The zero-order chi connectivity index (χ0) is 12.1. The molecule has 1 rings (SSSR count). The van der Waals surface area contributed by atoms with Gasteiger partial charge < -0.3 is 0 Å². The fraction of sp³-hybridized carbons (Fsp3) is 0.500. The molecule has 4 heteroatoms. The van der Waals surface area contributed by atoms with Crippen molar-refractivity contribution in [1.29, 1.82) is 0 Å². The molecular formula is C12H16BrNO2. The Morgan fingerprint density at radius 2 is 2.19 bits per heavy atom. The molecule has 0 aromatic heterocycles. The summed E-state index contributed by atoms with van der Waals surface area (Å²) in [4.78, 5) is 10.9. The first-order chi connectivity index (χ1) is 7.54. The van der Waals surface area contributed by atoms with E-state index in [1.54, 1.807) is 6.07 Å². The van der Waals surface area contributed by atoms with E-state index < -0.39 is 0 Å². The summed E-state index contributed by atoms with van der Waals surface area (Å²) in [6.45, 7) is 3.98. The molecule has 0 radical (unpaired) electrons. The third-order valence-electron chi connectivity index (χ3n) is 2.48. The number of nitrogens with zero attached hydrogens (tertiary/aromatic N) is 1. The number of nitro groups is 1. The molecule has 0 aliphatic carbocycles. The summed E-state index contributed by atoms with van der Waals surface area (Å²) in [5.74, 6) is 0. The largest absolute Gasteiger partial charge is 0.272 e. The maximum atomic E-state index is 10.9. The molecule has 0 fully saturated rings. The quantitative estimate of drug-likeness (QED) is 0.466. The number of benzene rings is 1. The Hall–Kier alpha value is -0.900. The molecule has 0 saturated carbocycles. The first-order valence-electron chi connectivity index (χ1n) is 5.42. The van der Waals surface area contributed by atoms with Crippen LogP contribution in [0.5, 0.6) is 0 Å². The highest BCUT2D eigenvalue weighted by Gasteiger charge is 2.16. The average molecular weight is 286 g/mol. The fourth-order valence-electron chi connectivity index (χ4n) is 1.67. The van der Waals surface area contributed by atoms with Crippen molar-refractivity contribution in [3.05, 3.63) is 39.4 Å². The van der Waals surface area contributed by atoms with Crippen molar-refractivity contribution in [2.24, 2.45) is 0 Å². The average Bonchev–Trinajstić information content (AvgIpc) is 2.20. The fourth-order valence-corrected chi connectivity index (χ4v) is 2.48. The van der Waals surface area contributed by atoms with Gasteiger partial charge in [-0.3, -0.25) is 10.1 Å². The van der Waals surface area contributed by atoms with Crippen LogP contribution in [0.2, 0.25) is 0 Å². The van der Waals surface area contributed by atoms with E-state index in [1.165, 1.54) is 0 Å². The van der Waals surface area contributed by atoms with Crippen molar-refractivity contribution in [3.8, 4) is 0 Å². The molecule has 3 nitrogen and oxygen atoms in total. The van der Waals surface area contributed by atoms with Gasteiger partial charge in [0.2, 0.25) is 0 Å². The third kappa shape index (κ3) is 3.59. The molecule has 0 heterocycles. The Morgan fingerprint density at radius 1 is 1.50 bits per heavy atom. The van der Waals surface area contributed by atoms with Crippen molar-refractivity contribution >= 4 is 21.6 Å². The molecule has 0 saturated heterocycles. The van der Waals surface area contributed by atoms with E-state index in [0.29, 0.717) is 11.2 Å². The number of halogens is 1. The van der Waals surface area contributed by atoms with Crippen LogP contribution >= 0.6 is 15.9 Å². The lowest BCUT2D eigenvalue weighted by atomic mass is 10.0. The van der Waals surface area contributed by atoms with Crippen LogP contribution in [0.15, 0.2) is 18.2 Å². The molecule has 0 spiro atoms. The number of hydrogen-bond donors (Lipinski definition) is 0. The van der Waals surface area contributed by atoms with Gasteiger partial charge in [0.15, 0.2) is 0 Å². The standard InChI is InChI=1S/C12H16BrNO2/c1-3-4-11(13)8-10-6-5-9(2)7-12(10)14(15)16/h5-7,11H,3-4,8H2,1-2H3. The lowest BCUT2D eigenvalue weighted by Gasteiger charge is -2.09. The van der Waals surface area contributed by atoms with Gasteiger partial charge in [-0.05, 0) is 25.3 Å². The van der Waals surface area contributed by atoms with Crippen LogP contribution in [0.4, 0.5) is 5.69 Å². The molecule has 1 unspecified atom stereocenters. The molecular weight excluding hydrogens is 270 g/mol. The summed E-state index contributed by atoms with van der Waals surface area (Å²) < 4.78 is 0. The molecule has 1 atom stereocenters. The van der Waals surface area contributed by atoms with E-state index in [0.717, 1.165) is 24.0 Å². The normalized spacial score (nSPS) is 12.4. The lowest BCUT2D eigenvalue weighted by Crippen LogP contribution is -2.05. The Bertz CT molecular complexity index is 379. The zero-order valence-electron chi connectivity index (χ0n) is 9.57. The summed E-state index contributed by atoms with van der Waals surface area (Å²) in [5, 5.41) is 10.9. The van der Waals surface area contributed by atoms with Crippen molar-refractivity contribution < 1.29 is 4.92 Å². The highest BCUT2D eigenvalue weighted by atomic mass is 79.9. The Labute approximate surface area is 104 Å². The van der Waals surface area contributed by atoms with Crippen molar-refractivity contribution in [1.82, 2.24) is 0 Å². The van der Waals surface area contributed by atoms with E-state index in [1.807, 2.05) is 19.1 Å². The van der Waals surface area contributed by atoms with Crippen LogP contribution in [0.1, 0.15) is 30.9 Å². The predicted molar refractivity (Wildman–Crippen MR) is 69.2 cm³/mol. The number of alkyl halides is 1. The minimum Gasteiger partial charge on any atom is -0.258 e. The van der Waals surface area contributed by atoms with E-state index >= 15 is 0 Å². The molecule has 0 bridgehead atoms. The summed E-state index contributed by atoms with van der Waals surface area (Å²) in [5.41, 5.74) is 1.98. The summed E-state index contributed by atoms with van der Waals surface area (Å²) in [6.07, 6.45) is 2.82. The molecule has 1 aromatic carbocycles. The second kappa shape index (κ2) is 5.99. The van der Waals surface area contributed by atoms with Crippen LogP contribution in [-0.4, -0.2) is 9.75 Å². The van der Waals surface area contributed by atoms with Crippen LogP contribution in [0.25, 0.3) is 0 Å². The van der Waals surface area contributed by atoms with Gasteiger partial charge in [0.25, 0.3) is 5.69 Å². The number of nitro benzene ring substituents is 1. The second-order valence-corrected chi connectivity index (χ2v) is 5.27. The van der Waals surface area contributed by atoms with Crippen molar-refractivity contribution in [3.63, 3.8) is 0 Å². The predicted octanol–water partition coefficient (Wildman–Crippen LogP) is 4.01. The first-order valence-corrected chi connectivity index (χ1v) is 6.34. The minimum atomic E-state index is -0.298. The third-order valence-corrected chi connectivity index (χ3v) is 3.26. The van der Waals surface area contributed by atoms with E-state index in [9.17, 15) is 10.1 Å². The molecule has 88 valence electrons. The maximum Gasteiger partial charge on any atom is 0.272 e. The lowest BCUT2D eigenvalue weighted by molar-refractivity contribution is -0.385. The number of hydrogen-bond acceptors (Lipinski definition) is 2.